The molecule has 0 aromatic heterocycles. The number of hydrogen-bond acceptors (Lipinski definition) is 1. The third-order valence-corrected chi connectivity index (χ3v) is 3.64. The van der Waals surface area contributed by atoms with E-state index in [1.165, 1.54) is 51.4 Å². The quantitative estimate of drug-likeness (QED) is 0.272. The second-order valence-corrected chi connectivity index (χ2v) is 5.80. The monoisotopic (exact) mass is 324 g/mol. The van der Waals surface area contributed by atoms with Gasteiger partial charge in [0.25, 0.3) is 0 Å². The Balaban J connectivity index is 0. The molecule has 0 rings (SSSR count). The highest BCUT2D eigenvalue weighted by Gasteiger charge is 1.99. The number of unbranched alkanes of at least 4 members (excludes halogenated alkanes) is 6. The predicted molar refractivity (Wildman–Crippen MR) is 103 cm³/mol. The number of aliphatic carboxylic acids is 1. The molecule has 0 aromatic carbocycles. The molecule has 0 aromatic rings. The van der Waals surface area contributed by atoms with Gasteiger partial charge in [0, 0.05) is 6.42 Å². The van der Waals surface area contributed by atoms with Gasteiger partial charge in [-0.1, -0.05) is 84.1 Å². The van der Waals surface area contributed by atoms with E-state index in [4.69, 9.17) is 5.11 Å². The van der Waals surface area contributed by atoms with Crippen LogP contribution in [0.3, 0.4) is 0 Å². The van der Waals surface area contributed by atoms with Crippen LogP contribution in [0.25, 0.3) is 0 Å². The Morgan fingerprint density at radius 1 is 0.870 bits per heavy atom. The van der Waals surface area contributed by atoms with Gasteiger partial charge in [-0.05, 0) is 38.0 Å². The van der Waals surface area contributed by atoms with Crippen LogP contribution in [0.15, 0.2) is 24.3 Å². The zero-order valence-corrected chi connectivity index (χ0v) is 16.0. The highest BCUT2D eigenvalue weighted by Crippen LogP contribution is 2.14. The molecular formula is C21H40O2. The lowest BCUT2D eigenvalue weighted by Gasteiger charge is -2.07. The fourth-order valence-electron chi connectivity index (χ4n) is 2.30. The van der Waals surface area contributed by atoms with Crippen LogP contribution in [-0.4, -0.2) is 11.1 Å². The van der Waals surface area contributed by atoms with Crippen molar-refractivity contribution in [2.75, 3.05) is 0 Å². The molecule has 0 aliphatic rings. The molecule has 136 valence electrons. The zero-order valence-electron chi connectivity index (χ0n) is 16.0. The minimum absolute atomic E-state index is 0.275. The van der Waals surface area contributed by atoms with Gasteiger partial charge in [0.2, 0.25) is 0 Å². The van der Waals surface area contributed by atoms with Crippen molar-refractivity contribution in [1.82, 2.24) is 0 Å². The van der Waals surface area contributed by atoms with Gasteiger partial charge in [-0.15, -0.1) is 0 Å². The molecule has 0 saturated heterocycles. The molecule has 0 heterocycles. The highest BCUT2D eigenvalue weighted by molar-refractivity contribution is 5.66. The van der Waals surface area contributed by atoms with Gasteiger partial charge in [-0.3, -0.25) is 4.79 Å². The van der Waals surface area contributed by atoms with Crippen LogP contribution in [-0.2, 0) is 4.79 Å². The van der Waals surface area contributed by atoms with Crippen LogP contribution in [0.5, 0.6) is 0 Å². The van der Waals surface area contributed by atoms with Crippen LogP contribution in [0, 0.1) is 5.92 Å². The number of carboxylic acid groups (broad SMARTS) is 1. The molecule has 0 radical (unpaired) electrons. The van der Waals surface area contributed by atoms with E-state index in [2.05, 4.69) is 38.2 Å². The van der Waals surface area contributed by atoms with Crippen LogP contribution in [0.2, 0.25) is 0 Å². The van der Waals surface area contributed by atoms with Crippen LogP contribution in [0.1, 0.15) is 98.3 Å². The minimum Gasteiger partial charge on any atom is -0.481 e. The van der Waals surface area contributed by atoms with E-state index in [-0.39, 0.29) is 6.42 Å². The lowest BCUT2D eigenvalue weighted by Crippen LogP contribution is -1.94. The van der Waals surface area contributed by atoms with Crippen molar-refractivity contribution in [3.63, 3.8) is 0 Å². The van der Waals surface area contributed by atoms with Crippen molar-refractivity contribution < 1.29 is 9.90 Å². The third-order valence-electron chi connectivity index (χ3n) is 3.64. The second-order valence-electron chi connectivity index (χ2n) is 5.80. The average Bonchev–Trinajstić information content (AvgIpc) is 2.56. The highest BCUT2D eigenvalue weighted by atomic mass is 16.4. The van der Waals surface area contributed by atoms with Crippen LogP contribution in [0.4, 0.5) is 0 Å². The van der Waals surface area contributed by atoms with E-state index in [1.807, 2.05) is 13.8 Å². The Labute approximate surface area is 145 Å². The second kappa shape index (κ2) is 20.9. The number of hydrogen-bond donors (Lipinski definition) is 1. The zero-order chi connectivity index (χ0) is 17.8. The van der Waals surface area contributed by atoms with E-state index in [9.17, 15) is 4.79 Å². The van der Waals surface area contributed by atoms with Crippen LogP contribution >= 0.6 is 0 Å². The number of allylic oxidation sites excluding steroid dienone is 4. The SMILES string of the molecule is CC.CCCCCC/C=C/C(/C=C\CCCC(=O)O)CCCC. The normalized spacial score (nSPS) is 12.3. The maximum Gasteiger partial charge on any atom is 0.303 e. The Morgan fingerprint density at radius 3 is 1.96 bits per heavy atom. The first-order valence-corrected chi connectivity index (χ1v) is 9.75. The third kappa shape index (κ3) is 21.0. The van der Waals surface area contributed by atoms with Crippen LogP contribution < -0.4 is 0 Å². The number of carbonyl (C=O) groups is 1. The summed E-state index contributed by atoms with van der Waals surface area (Å²) in [6, 6.07) is 0. The molecule has 2 heteroatoms. The van der Waals surface area contributed by atoms with Crippen molar-refractivity contribution in [1.29, 1.82) is 0 Å². The van der Waals surface area contributed by atoms with Gasteiger partial charge in [0.1, 0.15) is 0 Å². The summed E-state index contributed by atoms with van der Waals surface area (Å²) in [4.78, 5) is 10.5. The van der Waals surface area contributed by atoms with E-state index in [0.29, 0.717) is 5.92 Å². The average molecular weight is 325 g/mol. The first-order chi connectivity index (χ1) is 11.2. The number of carboxylic acids is 1. The Hall–Kier alpha value is -1.05. The summed E-state index contributed by atoms with van der Waals surface area (Å²) in [5.74, 6) is -0.168. The van der Waals surface area contributed by atoms with Gasteiger partial charge in [0.15, 0.2) is 0 Å². The van der Waals surface area contributed by atoms with E-state index >= 15 is 0 Å². The summed E-state index contributed by atoms with van der Waals surface area (Å²) in [6.07, 6.45) is 21.1. The minimum atomic E-state index is -0.696. The summed E-state index contributed by atoms with van der Waals surface area (Å²) in [5.41, 5.74) is 0. The molecule has 0 aliphatic heterocycles. The molecule has 0 aliphatic carbocycles. The Kier molecular flexibility index (Phi) is 22.0. The predicted octanol–water partition coefficient (Wildman–Crippen LogP) is 7.16. The summed E-state index contributed by atoms with van der Waals surface area (Å²) in [7, 11) is 0. The Bertz CT molecular complexity index is 292. The smallest absolute Gasteiger partial charge is 0.303 e. The van der Waals surface area contributed by atoms with Crippen molar-refractivity contribution in [2.24, 2.45) is 5.92 Å². The molecule has 0 fully saturated rings. The molecule has 1 N–H and O–H groups in total. The molecule has 0 saturated carbocycles. The Morgan fingerprint density at radius 2 is 1.43 bits per heavy atom. The number of rotatable bonds is 14. The molecule has 23 heavy (non-hydrogen) atoms. The van der Waals surface area contributed by atoms with Crippen molar-refractivity contribution in [3.8, 4) is 0 Å². The largest absolute Gasteiger partial charge is 0.481 e. The van der Waals surface area contributed by atoms with Gasteiger partial charge < -0.3 is 5.11 Å². The van der Waals surface area contributed by atoms with Crippen molar-refractivity contribution >= 4 is 5.97 Å². The lowest BCUT2D eigenvalue weighted by molar-refractivity contribution is -0.137. The lowest BCUT2D eigenvalue weighted by atomic mass is 9.99. The van der Waals surface area contributed by atoms with Gasteiger partial charge >= 0.3 is 5.97 Å². The van der Waals surface area contributed by atoms with Gasteiger partial charge in [-0.2, -0.15) is 0 Å². The molecule has 0 amide bonds. The summed E-state index contributed by atoms with van der Waals surface area (Å²) in [6.45, 7) is 8.47. The van der Waals surface area contributed by atoms with E-state index in [1.54, 1.807) is 0 Å². The molecule has 2 nitrogen and oxygen atoms in total. The molecular weight excluding hydrogens is 284 g/mol. The molecule has 0 spiro atoms. The first kappa shape index (κ1) is 24.2. The summed E-state index contributed by atoms with van der Waals surface area (Å²) < 4.78 is 0. The van der Waals surface area contributed by atoms with Crippen molar-refractivity contribution in [3.05, 3.63) is 24.3 Å². The summed E-state index contributed by atoms with van der Waals surface area (Å²) >= 11 is 0. The van der Waals surface area contributed by atoms with E-state index < -0.39 is 5.97 Å². The fraction of sp³-hybridized carbons (Fsp3) is 0.762. The molecule has 1 atom stereocenters. The maximum absolute atomic E-state index is 10.5. The van der Waals surface area contributed by atoms with E-state index in [0.717, 1.165) is 12.8 Å². The first-order valence-electron chi connectivity index (χ1n) is 9.75. The standard InChI is InChI=1S/C19H34O2.C2H6/c1-3-5-7-8-9-11-15-18(14-6-4-2)16-12-10-13-17-19(20)21;1-2/h11-12,15-16,18H,3-10,13-14,17H2,1-2H3,(H,20,21);1-2H3/b15-11+,16-12-;. The molecule has 1 unspecified atom stereocenters. The van der Waals surface area contributed by atoms with Gasteiger partial charge in [-0.25, -0.2) is 0 Å². The maximum atomic E-state index is 10.5. The molecule has 0 bridgehead atoms. The summed E-state index contributed by atoms with van der Waals surface area (Å²) in [5, 5.41) is 8.61. The fourth-order valence-corrected chi connectivity index (χ4v) is 2.30. The van der Waals surface area contributed by atoms with Crippen molar-refractivity contribution in [2.45, 2.75) is 98.3 Å². The topological polar surface area (TPSA) is 37.3 Å². The van der Waals surface area contributed by atoms with Gasteiger partial charge in [0.05, 0.1) is 0 Å².